The Kier molecular flexibility index (Phi) is 3.11. The predicted octanol–water partition coefficient (Wildman–Crippen LogP) is 1.91. The van der Waals surface area contributed by atoms with Crippen molar-refractivity contribution in [2.75, 3.05) is 5.88 Å². The number of phenols is 1. The molecule has 1 aromatic carbocycles. The Bertz CT molecular complexity index is 256. The number of aldehydes is 1. The van der Waals surface area contributed by atoms with Crippen LogP contribution < -0.4 is 0 Å². The van der Waals surface area contributed by atoms with Crippen LogP contribution in [0.15, 0.2) is 24.3 Å². The molecule has 0 heterocycles. The maximum absolute atomic E-state index is 10.5. The summed E-state index contributed by atoms with van der Waals surface area (Å²) in [4.78, 5) is 10.5. The number of hydrogen-bond acceptors (Lipinski definition) is 2. The summed E-state index contributed by atoms with van der Waals surface area (Å²) in [5, 5.41) is 8.96. The number of halogens is 1. The number of hydrogen-bond donors (Lipinski definition) is 1. The molecule has 1 unspecified atom stereocenters. The first-order valence-corrected chi connectivity index (χ1v) is 4.11. The molecule has 0 aromatic heterocycles. The van der Waals surface area contributed by atoms with Gasteiger partial charge in [-0.25, -0.2) is 0 Å². The van der Waals surface area contributed by atoms with Crippen LogP contribution in [0.25, 0.3) is 0 Å². The number of rotatable bonds is 3. The Balaban J connectivity index is 2.87. The quantitative estimate of drug-likeness (QED) is 0.576. The summed E-state index contributed by atoms with van der Waals surface area (Å²) in [6, 6.07) is 6.46. The van der Waals surface area contributed by atoms with Crippen molar-refractivity contribution in [3.63, 3.8) is 0 Å². The maximum Gasteiger partial charge on any atom is 0.128 e. The molecule has 0 saturated heterocycles. The first-order chi connectivity index (χ1) is 5.77. The first-order valence-electron chi connectivity index (χ1n) is 3.58. The van der Waals surface area contributed by atoms with Gasteiger partial charge in [0.05, 0.1) is 5.92 Å². The van der Waals surface area contributed by atoms with Crippen molar-refractivity contribution in [3.8, 4) is 5.75 Å². The Morgan fingerprint density at radius 3 is 2.42 bits per heavy atom. The normalized spacial score (nSPS) is 12.4. The Hall–Kier alpha value is -1.02. The number of benzene rings is 1. The lowest BCUT2D eigenvalue weighted by Crippen LogP contribution is -2.00. The SMILES string of the molecule is O=CC(CCl)c1ccc(O)cc1. The van der Waals surface area contributed by atoms with Crippen molar-refractivity contribution in [2.24, 2.45) is 0 Å². The number of alkyl halides is 1. The molecule has 64 valence electrons. The van der Waals surface area contributed by atoms with Crippen molar-refractivity contribution in [2.45, 2.75) is 5.92 Å². The molecule has 1 N–H and O–H groups in total. The lowest BCUT2D eigenvalue weighted by Gasteiger charge is -2.05. The number of aromatic hydroxyl groups is 1. The van der Waals surface area contributed by atoms with Gasteiger partial charge >= 0.3 is 0 Å². The van der Waals surface area contributed by atoms with E-state index in [1.165, 1.54) is 0 Å². The van der Waals surface area contributed by atoms with E-state index < -0.39 is 0 Å². The standard InChI is InChI=1S/C9H9ClO2/c10-5-8(6-11)7-1-3-9(12)4-2-7/h1-4,6,8,12H,5H2. The van der Waals surface area contributed by atoms with Crippen LogP contribution in [0.3, 0.4) is 0 Å². The minimum absolute atomic E-state index is 0.193. The van der Waals surface area contributed by atoms with Gasteiger partial charge < -0.3 is 9.90 Å². The molecule has 0 aliphatic rings. The van der Waals surface area contributed by atoms with Crippen LogP contribution in [-0.2, 0) is 4.79 Å². The van der Waals surface area contributed by atoms with Gasteiger partial charge in [-0.2, -0.15) is 0 Å². The molecule has 12 heavy (non-hydrogen) atoms. The van der Waals surface area contributed by atoms with Crippen molar-refractivity contribution in [1.29, 1.82) is 0 Å². The van der Waals surface area contributed by atoms with Crippen molar-refractivity contribution < 1.29 is 9.90 Å². The fourth-order valence-corrected chi connectivity index (χ4v) is 1.18. The zero-order valence-corrected chi connectivity index (χ0v) is 7.16. The molecule has 0 amide bonds. The van der Waals surface area contributed by atoms with Crippen LogP contribution >= 0.6 is 11.6 Å². The Morgan fingerprint density at radius 1 is 1.42 bits per heavy atom. The molecule has 1 rings (SSSR count). The average molecular weight is 185 g/mol. The molecule has 0 spiro atoms. The molecule has 0 aliphatic heterocycles. The van der Waals surface area contributed by atoms with E-state index in [0.29, 0.717) is 0 Å². The monoisotopic (exact) mass is 184 g/mol. The smallest absolute Gasteiger partial charge is 0.128 e. The number of carbonyl (C=O) groups excluding carboxylic acids is 1. The van der Waals surface area contributed by atoms with E-state index in [1.54, 1.807) is 24.3 Å². The van der Waals surface area contributed by atoms with Crippen LogP contribution in [0.5, 0.6) is 5.75 Å². The van der Waals surface area contributed by atoms with E-state index in [0.717, 1.165) is 11.8 Å². The first kappa shape index (κ1) is 9.07. The molecular weight excluding hydrogens is 176 g/mol. The maximum atomic E-state index is 10.5. The zero-order chi connectivity index (χ0) is 8.97. The molecule has 0 aliphatic carbocycles. The Morgan fingerprint density at radius 2 is 2.00 bits per heavy atom. The highest BCUT2D eigenvalue weighted by molar-refractivity contribution is 6.19. The van der Waals surface area contributed by atoms with Crippen LogP contribution in [-0.4, -0.2) is 17.3 Å². The van der Waals surface area contributed by atoms with E-state index in [-0.39, 0.29) is 17.5 Å². The minimum Gasteiger partial charge on any atom is -0.508 e. The number of phenolic OH excluding ortho intramolecular Hbond substituents is 1. The molecule has 0 bridgehead atoms. The highest BCUT2D eigenvalue weighted by Crippen LogP contribution is 2.17. The van der Waals surface area contributed by atoms with Gasteiger partial charge in [-0.15, -0.1) is 11.6 Å². The minimum atomic E-state index is -0.271. The van der Waals surface area contributed by atoms with E-state index >= 15 is 0 Å². The van der Waals surface area contributed by atoms with Gasteiger partial charge in [0.15, 0.2) is 0 Å². The molecule has 3 heteroatoms. The van der Waals surface area contributed by atoms with Crippen LogP contribution in [0.1, 0.15) is 11.5 Å². The van der Waals surface area contributed by atoms with Gasteiger partial charge in [0.25, 0.3) is 0 Å². The molecule has 1 atom stereocenters. The summed E-state index contributed by atoms with van der Waals surface area (Å²) in [7, 11) is 0. The third-order valence-electron chi connectivity index (χ3n) is 1.65. The second kappa shape index (κ2) is 4.12. The molecule has 0 fully saturated rings. The topological polar surface area (TPSA) is 37.3 Å². The van der Waals surface area contributed by atoms with Crippen molar-refractivity contribution in [3.05, 3.63) is 29.8 Å². The predicted molar refractivity (Wildman–Crippen MR) is 47.6 cm³/mol. The fraction of sp³-hybridized carbons (Fsp3) is 0.222. The highest BCUT2D eigenvalue weighted by Gasteiger charge is 2.07. The van der Waals surface area contributed by atoms with E-state index in [9.17, 15) is 4.79 Å². The molecule has 2 nitrogen and oxygen atoms in total. The lowest BCUT2D eigenvalue weighted by molar-refractivity contribution is -0.108. The molecule has 0 radical (unpaired) electrons. The van der Waals surface area contributed by atoms with Gasteiger partial charge in [-0.3, -0.25) is 0 Å². The summed E-state index contributed by atoms with van der Waals surface area (Å²) >= 11 is 5.55. The van der Waals surface area contributed by atoms with Gasteiger partial charge in [0.1, 0.15) is 12.0 Å². The van der Waals surface area contributed by atoms with Crippen molar-refractivity contribution >= 4 is 17.9 Å². The van der Waals surface area contributed by atoms with Gasteiger partial charge in [0.2, 0.25) is 0 Å². The highest BCUT2D eigenvalue weighted by atomic mass is 35.5. The summed E-state index contributed by atoms with van der Waals surface area (Å²) in [6.07, 6.45) is 0.805. The third-order valence-corrected chi connectivity index (χ3v) is 1.98. The fourth-order valence-electron chi connectivity index (χ4n) is 0.926. The van der Waals surface area contributed by atoms with Gasteiger partial charge in [-0.1, -0.05) is 12.1 Å². The average Bonchev–Trinajstić information content (AvgIpc) is 2.10. The number of carbonyl (C=O) groups is 1. The van der Waals surface area contributed by atoms with Crippen LogP contribution in [0.2, 0.25) is 0 Å². The van der Waals surface area contributed by atoms with Crippen LogP contribution in [0, 0.1) is 0 Å². The van der Waals surface area contributed by atoms with E-state index in [1.807, 2.05) is 0 Å². The second-order valence-electron chi connectivity index (χ2n) is 2.49. The van der Waals surface area contributed by atoms with Crippen molar-refractivity contribution in [1.82, 2.24) is 0 Å². The molecule has 1 aromatic rings. The summed E-state index contributed by atoms with van der Waals surface area (Å²) < 4.78 is 0. The summed E-state index contributed by atoms with van der Waals surface area (Å²) in [5.41, 5.74) is 0.831. The lowest BCUT2D eigenvalue weighted by atomic mass is 10.0. The van der Waals surface area contributed by atoms with Gasteiger partial charge in [-0.05, 0) is 17.7 Å². The second-order valence-corrected chi connectivity index (χ2v) is 2.80. The van der Waals surface area contributed by atoms with Gasteiger partial charge in [0, 0.05) is 5.88 Å². The Labute approximate surface area is 75.8 Å². The molecular formula is C9H9ClO2. The molecule has 0 saturated carbocycles. The largest absolute Gasteiger partial charge is 0.508 e. The van der Waals surface area contributed by atoms with Crippen LogP contribution in [0.4, 0.5) is 0 Å². The summed E-state index contributed by atoms with van der Waals surface area (Å²) in [5.74, 6) is 0.194. The van der Waals surface area contributed by atoms with E-state index in [4.69, 9.17) is 16.7 Å². The zero-order valence-electron chi connectivity index (χ0n) is 6.40. The van der Waals surface area contributed by atoms with E-state index in [2.05, 4.69) is 0 Å². The third kappa shape index (κ3) is 1.98. The summed E-state index contributed by atoms with van der Waals surface area (Å²) in [6.45, 7) is 0.